The maximum Gasteiger partial charge on any atom is 0.220 e. The van der Waals surface area contributed by atoms with E-state index in [-0.39, 0.29) is 11.2 Å². The third-order valence-corrected chi connectivity index (χ3v) is 2.90. The van der Waals surface area contributed by atoms with E-state index in [0.29, 0.717) is 5.92 Å². The van der Waals surface area contributed by atoms with Crippen LogP contribution in [0, 0.1) is 0 Å². The van der Waals surface area contributed by atoms with Crippen molar-refractivity contribution in [3.8, 4) is 5.75 Å². The first-order chi connectivity index (χ1) is 7.27. The normalized spacial score (nSPS) is 17.6. The molecule has 1 aliphatic rings. The maximum atomic E-state index is 11.4. The fraction of sp³-hybridized carbons (Fsp3) is 0.417. The van der Waals surface area contributed by atoms with Crippen LogP contribution in [-0.4, -0.2) is 18.2 Å². The molecule has 1 saturated heterocycles. The summed E-state index contributed by atoms with van der Waals surface area (Å²) in [5.41, 5.74) is 0.760. The Hall–Kier alpha value is -1.35. The van der Waals surface area contributed by atoms with Crippen molar-refractivity contribution in [1.29, 1.82) is 0 Å². The summed E-state index contributed by atoms with van der Waals surface area (Å²) in [7, 11) is 0. The monoisotopic (exact) mass is 205 g/mol. The van der Waals surface area contributed by atoms with E-state index in [2.05, 4.69) is 5.32 Å². The molecule has 1 aromatic carbocycles. The zero-order valence-electron chi connectivity index (χ0n) is 8.57. The van der Waals surface area contributed by atoms with Crippen molar-refractivity contribution < 1.29 is 5.11 Å². The molecule has 3 heteroatoms. The highest BCUT2D eigenvalue weighted by Crippen LogP contribution is 2.23. The Morgan fingerprint density at radius 1 is 1.27 bits per heavy atom. The molecule has 1 aliphatic heterocycles. The molecule has 0 spiro atoms. The molecule has 1 heterocycles. The number of rotatable bonds is 1. The summed E-state index contributed by atoms with van der Waals surface area (Å²) in [4.78, 5) is 11.4. The zero-order chi connectivity index (χ0) is 10.7. The summed E-state index contributed by atoms with van der Waals surface area (Å²) in [5.74, 6) is 0.279. The molecule has 0 aromatic heterocycles. The topological polar surface area (TPSA) is 49.3 Å². The largest absolute Gasteiger partial charge is 0.504 e. The summed E-state index contributed by atoms with van der Waals surface area (Å²) in [6.45, 7) is 2.01. The fourth-order valence-electron chi connectivity index (χ4n) is 2.02. The number of hydrogen-bond acceptors (Lipinski definition) is 3. The van der Waals surface area contributed by atoms with Crippen molar-refractivity contribution >= 4 is 0 Å². The molecule has 0 unspecified atom stereocenters. The maximum absolute atomic E-state index is 11.4. The van der Waals surface area contributed by atoms with E-state index < -0.39 is 0 Å². The molecular formula is C12H15NO2. The summed E-state index contributed by atoms with van der Waals surface area (Å²) < 4.78 is 0. The summed E-state index contributed by atoms with van der Waals surface area (Å²) in [6, 6.07) is 6.68. The van der Waals surface area contributed by atoms with Gasteiger partial charge in [-0.2, -0.15) is 0 Å². The molecule has 1 fully saturated rings. The first-order valence-electron chi connectivity index (χ1n) is 5.31. The van der Waals surface area contributed by atoms with E-state index in [4.69, 9.17) is 0 Å². The van der Waals surface area contributed by atoms with Gasteiger partial charge in [0.1, 0.15) is 0 Å². The molecule has 0 aliphatic carbocycles. The number of hydrogen-bond donors (Lipinski definition) is 2. The number of piperidine rings is 1. The minimum atomic E-state index is -0.284. The van der Waals surface area contributed by atoms with E-state index in [0.717, 1.165) is 31.5 Å². The molecule has 15 heavy (non-hydrogen) atoms. The van der Waals surface area contributed by atoms with Crippen LogP contribution in [-0.2, 0) is 0 Å². The Labute approximate surface area is 88.8 Å². The first kappa shape index (κ1) is 10.2. The molecule has 0 radical (unpaired) electrons. The van der Waals surface area contributed by atoms with E-state index in [1.54, 1.807) is 12.1 Å². The molecule has 0 bridgehead atoms. The molecule has 0 atom stereocenters. The van der Waals surface area contributed by atoms with Crippen molar-refractivity contribution in [3.05, 3.63) is 40.1 Å². The van der Waals surface area contributed by atoms with E-state index in [9.17, 15) is 9.90 Å². The molecular weight excluding hydrogens is 190 g/mol. The van der Waals surface area contributed by atoms with Gasteiger partial charge < -0.3 is 10.4 Å². The predicted octanol–water partition coefficient (Wildman–Crippen LogP) is 1.22. The van der Waals surface area contributed by atoms with Crippen LogP contribution in [0.15, 0.2) is 29.1 Å². The second-order valence-electron chi connectivity index (χ2n) is 3.94. The van der Waals surface area contributed by atoms with Crippen LogP contribution < -0.4 is 10.7 Å². The second kappa shape index (κ2) is 4.45. The van der Waals surface area contributed by atoms with E-state index >= 15 is 0 Å². The first-order valence-corrected chi connectivity index (χ1v) is 5.31. The minimum Gasteiger partial charge on any atom is -0.504 e. The van der Waals surface area contributed by atoms with Crippen LogP contribution in [0.1, 0.15) is 24.3 Å². The molecule has 3 nitrogen and oxygen atoms in total. The van der Waals surface area contributed by atoms with Gasteiger partial charge in [0.05, 0.1) is 0 Å². The lowest BCUT2D eigenvalue weighted by molar-refractivity contribution is 0.459. The van der Waals surface area contributed by atoms with Gasteiger partial charge >= 0.3 is 0 Å². The number of aromatic hydroxyl groups is 1. The van der Waals surface area contributed by atoms with Crippen molar-refractivity contribution in [2.24, 2.45) is 0 Å². The van der Waals surface area contributed by atoms with Gasteiger partial charge in [-0.05, 0) is 49.5 Å². The van der Waals surface area contributed by atoms with Crippen LogP contribution in [0.25, 0.3) is 0 Å². The van der Waals surface area contributed by atoms with Gasteiger partial charge in [0.15, 0.2) is 5.75 Å². The summed E-state index contributed by atoms with van der Waals surface area (Å²) in [5, 5.41) is 12.6. The van der Waals surface area contributed by atoms with Crippen LogP contribution in [0.4, 0.5) is 0 Å². The van der Waals surface area contributed by atoms with Gasteiger partial charge in [-0.1, -0.05) is 12.1 Å². The highest BCUT2D eigenvalue weighted by molar-refractivity contribution is 5.26. The minimum absolute atomic E-state index is 0.171. The Bertz CT molecular complexity index is 397. The quantitative estimate of drug-likeness (QED) is 0.724. The lowest BCUT2D eigenvalue weighted by atomic mass is 9.91. The van der Waals surface area contributed by atoms with E-state index in [1.165, 1.54) is 6.07 Å². The molecule has 0 saturated carbocycles. The summed E-state index contributed by atoms with van der Waals surface area (Å²) >= 11 is 0. The summed E-state index contributed by atoms with van der Waals surface area (Å²) in [6.07, 6.45) is 2.12. The van der Waals surface area contributed by atoms with Gasteiger partial charge in [-0.25, -0.2) is 0 Å². The molecule has 1 aromatic rings. The van der Waals surface area contributed by atoms with Crippen molar-refractivity contribution in [2.45, 2.75) is 18.8 Å². The predicted molar refractivity (Wildman–Crippen MR) is 59.2 cm³/mol. The van der Waals surface area contributed by atoms with Crippen LogP contribution >= 0.6 is 0 Å². The van der Waals surface area contributed by atoms with Crippen LogP contribution in [0.2, 0.25) is 0 Å². The average Bonchev–Trinajstić information content (AvgIpc) is 2.43. The van der Waals surface area contributed by atoms with Crippen LogP contribution in [0.3, 0.4) is 0 Å². The second-order valence-corrected chi connectivity index (χ2v) is 3.94. The van der Waals surface area contributed by atoms with Gasteiger partial charge in [-0.3, -0.25) is 4.79 Å². The molecule has 80 valence electrons. The Morgan fingerprint density at radius 3 is 2.73 bits per heavy atom. The Kier molecular flexibility index (Phi) is 3.02. The lowest BCUT2D eigenvalue weighted by Gasteiger charge is -2.22. The van der Waals surface area contributed by atoms with Crippen molar-refractivity contribution in [3.63, 3.8) is 0 Å². The highest BCUT2D eigenvalue weighted by Gasteiger charge is 2.14. The fourth-order valence-corrected chi connectivity index (χ4v) is 2.02. The average molecular weight is 205 g/mol. The van der Waals surface area contributed by atoms with Gasteiger partial charge in [0.2, 0.25) is 5.43 Å². The Balaban J connectivity index is 2.32. The molecule has 2 rings (SSSR count). The SMILES string of the molecule is O=c1cc(C2CCNCC2)cccc1O. The Morgan fingerprint density at radius 2 is 2.00 bits per heavy atom. The third kappa shape index (κ3) is 2.36. The van der Waals surface area contributed by atoms with Crippen LogP contribution in [0.5, 0.6) is 5.75 Å². The zero-order valence-corrected chi connectivity index (χ0v) is 8.57. The third-order valence-electron chi connectivity index (χ3n) is 2.90. The van der Waals surface area contributed by atoms with E-state index in [1.807, 2.05) is 6.07 Å². The smallest absolute Gasteiger partial charge is 0.220 e. The van der Waals surface area contributed by atoms with Crippen molar-refractivity contribution in [2.75, 3.05) is 13.1 Å². The highest BCUT2D eigenvalue weighted by atomic mass is 16.3. The van der Waals surface area contributed by atoms with Crippen molar-refractivity contribution in [1.82, 2.24) is 5.32 Å². The van der Waals surface area contributed by atoms with Gasteiger partial charge in [0, 0.05) is 0 Å². The number of nitrogens with one attached hydrogen (secondary N) is 1. The lowest BCUT2D eigenvalue weighted by Crippen LogP contribution is -2.26. The van der Waals surface area contributed by atoms with Gasteiger partial charge in [0.25, 0.3) is 0 Å². The standard InChI is InChI=1S/C12H15NO2/c14-11-3-1-2-10(8-12(11)15)9-4-6-13-7-5-9/h1-3,8-9,13H,4-7H2,(H,14,15). The molecule has 2 N–H and O–H groups in total. The van der Waals surface area contributed by atoms with Gasteiger partial charge in [-0.15, -0.1) is 0 Å². The molecule has 0 amide bonds.